The first-order chi connectivity index (χ1) is 9.17. The van der Waals surface area contributed by atoms with Crippen molar-refractivity contribution in [3.63, 3.8) is 0 Å². The Labute approximate surface area is 126 Å². The number of benzene rings is 1. The predicted molar refractivity (Wildman–Crippen MR) is 87.8 cm³/mol. The molecule has 20 heavy (non-hydrogen) atoms. The number of nitrogens with two attached hydrogens (primary N) is 1. The first-order valence-electron chi connectivity index (χ1n) is 6.94. The van der Waals surface area contributed by atoms with Gasteiger partial charge in [0.2, 0.25) is 5.91 Å². The van der Waals surface area contributed by atoms with Crippen LogP contribution in [0.2, 0.25) is 0 Å². The Morgan fingerprint density at radius 3 is 2.20 bits per heavy atom. The summed E-state index contributed by atoms with van der Waals surface area (Å²) in [4.78, 5) is 12.2. The fourth-order valence-corrected chi connectivity index (χ4v) is 3.07. The zero-order chi connectivity index (χ0) is 15.4. The SMILES string of the molecule is CC(C)NC(CSC(C)(C)C)(C(N)=O)c1ccccc1. The zero-order valence-corrected chi connectivity index (χ0v) is 13.9. The van der Waals surface area contributed by atoms with E-state index in [1.165, 1.54) is 0 Å². The average molecular weight is 294 g/mol. The zero-order valence-electron chi connectivity index (χ0n) is 13.1. The normalized spacial score (nSPS) is 15.1. The molecule has 1 rings (SSSR count). The molecule has 1 aromatic rings. The highest BCUT2D eigenvalue weighted by molar-refractivity contribution is 8.00. The number of carbonyl (C=O) groups excluding carboxylic acids is 1. The number of nitrogens with one attached hydrogen (secondary N) is 1. The van der Waals surface area contributed by atoms with Crippen LogP contribution in [-0.4, -0.2) is 22.4 Å². The van der Waals surface area contributed by atoms with Crippen molar-refractivity contribution in [3.05, 3.63) is 35.9 Å². The summed E-state index contributed by atoms with van der Waals surface area (Å²) in [5.74, 6) is 0.294. The second kappa shape index (κ2) is 6.64. The van der Waals surface area contributed by atoms with Crippen LogP contribution in [0.4, 0.5) is 0 Å². The number of hydrogen-bond donors (Lipinski definition) is 2. The van der Waals surface area contributed by atoms with Gasteiger partial charge in [0.05, 0.1) is 0 Å². The molecule has 0 heterocycles. The monoisotopic (exact) mass is 294 g/mol. The summed E-state index contributed by atoms with van der Waals surface area (Å²) >= 11 is 1.74. The lowest BCUT2D eigenvalue weighted by molar-refractivity contribution is -0.124. The molecule has 0 aliphatic rings. The Morgan fingerprint density at radius 1 is 1.25 bits per heavy atom. The minimum atomic E-state index is -0.826. The topological polar surface area (TPSA) is 55.1 Å². The number of thioether (sulfide) groups is 1. The maximum Gasteiger partial charge on any atom is 0.243 e. The van der Waals surface area contributed by atoms with Crippen LogP contribution in [0, 0.1) is 0 Å². The van der Waals surface area contributed by atoms with Gasteiger partial charge in [-0.1, -0.05) is 51.1 Å². The summed E-state index contributed by atoms with van der Waals surface area (Å²) in [5, 5.41) is 3.39. The molecule has 0 saturated carbocycles. The maximum absolute atomic E-state index is 12.2. The van der Waals surface area contributed by atoms with Crippen molar-refractivity contribution in [2.24, 2.45) is 5.73 Å². The third kappa shape index (κ3) is 4.53. The highest BCUT2D eigenvalue weighted by Gasteiger charge is 2.39. The van der Waals surface area contributed by atoms with Crippen LogP contribution in [-0.2, 0) is 10.3 Å². The van der Waals surface area contributed by atoms with E-state index in [4.69, 9.17) is 5.73 Å². The van der Waals surface area contributed by atoms with Gasteiger partial charge in [0.15, 0.2) is 0 Å². The molecule has 0 radical (unpaired) electrons. The summed E-state index contributed by atoms with van der Waals surface area (Å²) < 4.78 is 0.0775. The smallest absolute Gasteiger partial charge is 0.243 e. The van der Waals surface area contributed by atoms with Crippen molar-refractivity contribution in [3.8, 4) is 0 Å². The molecule has 1 amide bonds. The quantitative estimate of drug-likeness (QED) is 0.848. The second-order valence-corrected chi connectivity index (χ2v) is 8.14. The molecule has 0 aromatic heterocycles. The van der Waals surface area contributed by atoms with Gasteiger partial charge in [-0.05, 0) is 19.4 Å². The molecule has 1 unspecified atom stereocenters. The Hall–Kier alpha value is -1.00. The van der Waals surface area contributed by atoms with Gasteiger partial charge < -0.3 is 5.73 Å². The van der Waals surface area contributed by atoms with Gasteiger partial charge in [-0.15, -0.1) is 0 Å². The lowest BCUT2D eigenvalue weighted by Crippen LogP contribution is -2.57. The Kier molecular flexibility index (Phi) is 5.66. The molecule has 0 aliphatic heterocycles. The first kappa shape index (κ1) is 17.1. The van der Waals surface area contributed by atoms with E-state index >= 15 is 0 Å². The molecule has 0 saturated heterocycles. The van der Waals surface area contributed by atoms with Gasteiger partial charge in [-0.2, -0.15) is 11.8 Å². The minimum Gasteiger partial charge on any atom is -0.368 e. The molecule has 3 N–H and O–H groups in total. The number of rotatable bonds is 6. The summed E-state index contributed by atoms with van der Waals surface area (Å²) in [6.07, 6.45) is 0. The van der Waals surface area contributed by atoms with Crippen molar-refractivity contribution >= 4 is 17.7 Å². The minimum absolute atomic E-state index is 0.0775. The molecule has 112 valence electrons. The summed E-state index contributed by atoms with van der Waals surface area (Å²) in [6, 6.07) is 9.92. The lowest BCUT2D eigenvalue weighted by atomic mass is 9.90. The van der Waals surface area contributed by atoms with Crippen molar-refractivity contribution < 1.29 is 4.79 Å². The van der Waals surface area contributed by atoms with E-state index in [1.54, 1.807) is 11.8 Å². The summed E-state index contributed by atoms with van der Waals surface area (Å²) in [7, 11) is 0. The van der Waals surface area contributed by atoms with Crippen molar-refractivity contribution in [2.45, 2.75) is 50.9 Å². The van der Waals surface area contributed by atoms with Crippen LogP contribution in [0.3, 0.4) is 0 Å². The first-order valence-corrected chi connectivity index (χ1v) is 7.93. The summed E-state index contributed by atoms with van der Waals surface area (Å²) in [6.45, 7) is 10.5. The van der Waals surface area contributed by atoms with Gasteiger partial charge in [0.1, 0.15) is 5.54 Å². The maximum atomic E-state index is 12.2. The third-order valence-corrected chi connectivity index (χ3v) is 4.39. The molecule has 0 aliphatic carbocycles. The molecule has 3 nitrogen and oxygen atoms in total. The fraction of sp³-hybridized carbons (Fsp3) is 0.562. The number of primary amides is 1. The fourth-order valence-electron chi connectivity index (χ4n) is 2.03. The van der Waals surface area contributed by atoms with E-state index in [0.29, 0.717) is 5.75 Å². The van der Waals surface area contributed by atoms with Crippen LogP contribution in [0.5, 0.6) is 0 Å². The Morgan fingerprint density at radius 2 is 1.80 bits per heavy atom. The van der Waals surface area contributed by atoms with Crippen LogP contribution < -0.4 is 11.1 Å². The number of hydrogen-bond acceptors (Lipinski definition) is 3. The van der Waals surface area contributed by atoms with E-state index in [1.807, 2.05) is 44.2 Å². The molecule has 0 spiro atoms. The van der Waals surface area contributed by atoms with Gasteiger partial charge in [-0.25, -0.2) is 0 Å². The molecule has 0 bridgehead atoms. The molecule has 4 heteroatoms. The lowest BCUT2D eigenvalue weighted by Gasteiger charge is -2.36. The highest BCUT2D eigenvalue weighted by atomic mass is 32.2. The molecule has 1 atom stereocenters. The van der Waals surface area contributed by atoms with Crippen LogP contribution in [0.15, 0.2) is 30.3 Å². The standard InChI is InChI=1S/C16H26N2OS/c1-12(2)18-16(14(17)19,11-20-15(3,4)5)13-9-7-6-8-10-13/h6-10,12,18H,11H2,1-5H3,(H2,17,19). The van der Waals surface area contributed by atoms with Crippen molar-refractivity contribution in [2.75, 3.05) is 5.75 Å². The van der Waals surface area contributed by atoms with Crippen LogP contribution >= 0.6 is 11.8 Å². The Bertz CT molecular complexity index is 440. The predicted octanol–water partition coefficient (Wildman–Crippen LogP) is 2.90. The van der Waals surface area contributed by atoms with E-state index in [0.717, 1.165) is 5.56 Å². The largest absolute Gasteiger partial charge is 0.368 e. The van der Waals surface area contributed by atoms with E-state index in [-0.39, 0.29) is 16.7 Å². The van der Waals surface area contributed by atoms with E-state index in [2.05, 4.69) is 26.1 Å². The molecular weight excluding hydrogens is 268 g/mol. The van der Waals surface area contributed by atoms with Crippen molar-refractivity contribution in [1.29, 1.82) is 0 Å². The van der Waals surface area contributed by atoms with Gasteiger partial charge >= 0.3 is 0 Å². The Balaban J connectivity index is 3.18. The van der Waals surface area contributed by atoms with Gasteiger partial charge in [-0.3, -0.25) is 10.1 Å². The number of amides is 1. The summed E-state index contributed by atoms with van der Waals surface area (Å²) in [5.41, 5.74) is 5.87. The van der Waals surface area contributed by atoms with Gasteiger partial charge in [0, 0.05) is 16.5 Å². The van der Waals surface area contributed by atoms with Gasteiger partial charge in [0.25, 0.3) is 0 Å². The molecule has 1 aromatic carbocycles. The van der Waals surface area contributed by atoms with E-state index in [9.17, 15) is 4.79 Å². The second-order valence-electron chi connectivity index (χ2n) is 6.34. The average Bonchev–Trinajstić information content (AvgIpc) is 2.33. The van der Waals surface area contributed by atoms with Crippen LogP contribution in [0.25, 0.3) is 0 Å². The highest BCUT2D eigenvalue weighted by Crippen LogP contribution is 2.32. The van der Waals surface area contributed by atoms with E-state index < -0.39 is 5.54 Å². The molecule has 0 fully saturated rings. The molecular formula is C16H26N2OS. The number of carbonyl (C=O) groups is 1. The van der Waals surface area contributed by atoms with Crippen LogP contribution in [0.1, 0.15) is 40.2 Å². The van der Waals surface area contributed by atoms with Crippen molar-refractivity contribution in [1.82, 2.24) is 5.32 Å². The third-order valence-electron chi connectivity index (χ3n) is 2.94.